The van der Waals surface area contributed by atoms with Gasteiger partial charge < -0.3 is 0 Å². The van der Waals surface area contributed by atoms with Crippen molar-refractivity contribution in [2.45, 2.75) is 143 Å². The van der Waals surface area contributed by atoms with Crippen LogP contribution in [0.15, 0.2) is 114 Å². The summed E-state index contributed by atoms with van der Waals surface area (Å²) in [5, 5.41) is 0. The smallest absolute Gasteiger partial charge is 0.258 e. The number of imide groups is 2. The van der Waals surface area contributed by atoms with E-state index in [-0.39, 0.29) is 45.3 Å². The van der Waals surface area contributed by atoms with Gasteiger partial charge in [-0.05, 0) is 117 Å². The number of carbonyl (C=O) groups is 4. The van der Waals surface area contributed by atoms with E-state index < -0.39 is 0 Å². The van der Waals surface area contributed by atoms with Crippen molar-refractivity contribution in [3.63, 3.8) is 0 Å². The van der Waals surface area contributed by atoms with Crippen LogP contribution >= 0.6 is 0 Å². The molecule has 3 aromatic rings. The number of allylic oxidation sites excluding steroid dienone is 4. The van der Waals surface area contributed by atoms with E-state index in [2.05, 4.69) is 136 Å². The van der Waals surface area contributed by atoms with Gasteiger partial charge in [-0.1, -0.05) is 149 Å². The summed E-state index contributed by atoms with van der Waals surface area (Å²) in [5.41, 5.74) is 12.4. The summed E-state index contributed by atoms with van der Waals surface area (Å²) in [7, 11) is 0. The van der Waals surface area contributed by atoms with Gasteiger partial charge in [-0.15, -0.1) is 0 Å². The lowest BCUT2D eigenvalue weighted by Gasteiger charge is -2.32. The van der Waals surface area contributed by atoms with Gasteiger partial charge in [0.15, 0.2) is 0 Å². The van der Waals surface area contributed by atoms with Gasteiger partial charge in [-0.25, -0.2) is 9.80 Å². The normalized spacial score (nSPS) is 19.3. The quantitative estimate of drug-likeness (QED) is 0.113. The molecule has 1 atom stereocenters. The van der Waals surface area contributed by atoms with Crippen LogP contribution < -0.4 is 4.90 Å². The first-order chi connectivity index (χ1) is 28.2. The molecule has 6 heteroatoms. The van der Waals surface area contributed by atoms with Crippen LogP contribution in [0.2, 0.25) is 0 Å². The van der Waals surface area contributed by atoms with E-state index in [1.165, 1.54) is 67.5 Å². The first-order valence-electron chi connectivity index (χ1n) is 21.8. The van der Waals surface area contributed by atoms with E-state index in [4.69, 9.17) is 0 Å². The molecule has 0 radical (unpaired) electrons. The summed E-state index contributed by atoms with van der Waals surface area (Å²) in [6.45, 7) is 28.8. The maximum Gasteiger partial charge on any atom is 0.258 e. The fourth-order valence-electron chi connectivity index (χ4n) is 9.91. The molecule has 3 aliphatic rings. The van der Waals surface area contributed by atoms with Crippen LogP contribution in [-0.2, 0) is 60.1 Å². The van der Waals surface area contributed by atoms with Crippen molar-refractivity contribution in [2.24, 2.45) is 0 Å². The Morgan fingerprint density at radius 3 is 1.87 bits per heavy atom. The van der Waals surface area contributed by atoms with Crippen molar-refractivity contribution < 1.29 is 19.2 Å². The molecule has 0 aromatic heterocycles. The van der Waals surface area contributed by atoms with E-state index in [1.54, 1.807) is 0 Å². The second-order valence-corrected chi connectivity index (χ2v) is 19.1. The van der Waals surface area contributed by atoms with Crippen molar-refractivity contribution in [3.8, 4) is 0 Å². The van der Waals surface area contributed by atoms with Crippen molar-refractivity contribution in [1.82, 2.24) is 4.90 Å². The van der Waals surface area contributed by atoms with E-state index in [0.717, 1.165) is 60.1 Å². The molecule has 1 unspecified atom stereocenters. The molecule has 3 aromatic carbocycles. The van der Waals surface area contributed by atoms with E-state index in [1.807, 2.05) is 13.8 Å². The second-order valence-electron chi connectivity index (χ2n) is 19.1. The van der Waals surface area contributed by atoms with Crippen LogP contribution in [0, 0.1) is 0 Å². The Labute approximate surface area is 358 Å². The zero-order valence-electron chi connectivity index (χ0n) is 37.8. The second kappa shape index (κ2) is 16.6. The van der Waals surface area contributed by atoms with Crippen LogP contribution in [0.3, 0.4) is 0 Å². The molecular weight excluding hydrogens is 741 g/mol. The van der Waals surface area contributed by atoms with Gasteiger partial charge in [0.2, 0.25) is 0 Å². The fraction of sp³-hybridized carbons (Fsp3) is 0.407. The molecule has 0 saturated heterocycles. The number of amides is 4. The Kier molecular flexibility index (Phi) is 12.2. The molecule has 314 valence electrons. The molecular formula is C54H64N2O4. The Hall–Kier alpha value is -5.36. The van der Waals surface area contributed by atoms with Crippen LogP contribution in [0.1, 0.15) is 146 Å². The molecule has 6 rings (SSSR count). The summed E-state index contributed by atoms with van der Waals surface area (Å²) in [5.74, 6) is -1.18. The number of hydrogen-bond acceptors (Lipinski definition) is 4. The third-order valence-electron chi connectivity index (χ3n) is 13.4. The summed E-state index contributed by atoms with van der Waals surface area (Å²) >= 11 is 0. The van der Waals surface area contributed by atoms with Gasteiger partial charge in [0.25, 0.3) is 23.6 Å². The van der Waals surface area contributed by atoms with Crippen molar-refractivity contribution >= 4 is 29.3 Å². The minimum atomic E-state index is -0.318. The monoisotopic (exact) mass is 804 g/mol. The van der Waals surface area contributed by atoms with E-state index in [0.29, 0.717) is 18.5 Å². The Balaban J connectivity index is 1.27. The third-order valence-corrected chi connectivity index (χ3v) is 13.4. The number of rotatable bonds is 15. The van der Waals surface area contributed by atoms with Gasteiger partial charge in [-0.3, -0.25) is 19.2 Å². The van der Waals surface area contributed by atoms with Crippen molar-refractivity contribution in [3.05, 3.63) is 159 Å². The molecule has 0 bridgehead atoms. The summed E-state index contributed by atoms with van der Waals surface area (Å²) in [6.07, 6.45) is 15.0. The minimum absolute atomic E-state index is 0.0453. The van der Waals surface area contributed by atoms with Crippen LogP contribution in [0.25, 0.3) is 0 Å². The maximum atomic E-state index is 12.7. The lowest BCUT2D eigenvalue weighted by molar-refractivity contribution is -0.134. The number of hydrogen-bond donors (Lipinski definition) is 0. The number of benzene rings is 3. The van der Waals surface area contributed by atoms with Gasteiger partial charge in [-0.2, -0.15) is 0 Å². The molecule has 0 spiro atoms. The third kappa shape index (κ3) is 8.10. The predicted molar refractivity (Wildman–Crippen MR) is 245 cm³/mol. The average Bonchev–Trinajstić information content (AvgIpc) is 3.80. The number of carbonyl (C=O) groups excluding carboxylic acids is 4. The summed E-state index contributed by atoms with van der Waals surface area (Å²) < 4.78 is 0. The highest BCUT2D eigenvalue weighted by Gasteiger charge is 2.46. The van der Waals surface area contributed by atoms with E-state index >= 15 is 0 Å². The largest absolute Gasteiger partial charge is 0.269 e. The molecule has 1 aliphatic carbocycles. The zero-order chi connectivity index (χ0) is 43.9. The zero-order valence-corrected chi connectivity index (χ0v) is 37.8. The molecule has 0 saturated carbocycles. The number of anilines is 1. The topological polar surface area (TPSA) is 74.8 Å². The molecule has 0 N–H and O–H groups in total. The van der Waals surface area contributed by atoms with Crippen LogP contribution in [0.4, 0.5) is 5.69 Å². The first-order valence-corrected chi connectivity index (χ1v) is 21.8. The lowest BCUT2D eigenvalue weighted by atomic mass is 9.72. The fourth-order valence-corrected chi connectivity index (χ4v) is 9.91. The van der Waals surface area contributed by atoms with Gasteiger partial charge in [0.05, 0.1) is 11.4 Å². The Morgan fingerprint density at radius 2 is 1.30 bits per heavy atom. The molecule has 0 fully saturated rings. The van der Waals surface area contributed by atoms with Gasteiger partial charge in [0.1, 0.15) is 0 Å². The molecule has 2 aliphatic heterocycles. The summed E-state index contributed by atoms with van der Waals surface area (Å²) in [4.78, 5) is 53.4. The highest BCUT2D eigenvalue weighted by molar-refractivity contribution is 6.28. The molecule has 2 heterocycles. The van der Waals surface area contributed by atoms with Gasteiger partial charge >= 0.3 is 0 Å². The van der Waals surface area contributed by atoms with Crippen LogP contribution in [-0.4, -0.2) is 28.5 Å². The SMILES string of the molecule is C=C(CC)/C(=C(\C=C/CC(C)(C)c1ccc2c(c1)C(C)(C)CC2(C)c1cccc(C(C)(C)Cc2cc(CC)c(N3C(=O)C=CC3=O)c(CC)c2)c1)CC)N1C(=O)C=CC1=O. The standard InChI is InChI=1S/C54H64N2O4/c1-13-35(5)49(55-45(57)24-25-46(55)58)37(14-2)19-18-28-51(6,7)41-22-23-43-44(32-41)53(10,11)34-54(43,12)42-21-17-20-40(31-42)52(8,9)33-36-29-38(15-3)50(39(16-4)30-36)56-47(59)26-27-48(56)60/h17-27,29-32H,5,13-16,28,33-34H2,1-4,6-12H3/b19-18-,49-37+. The number of fused-ring (bicyclic) bond motifs is 1. The molecule has 6 nitrogen and oxygen atoms in total. The minimum Gasteiger partial charge on any atom is -0.269 e. The molecule has 4 amide bonds. The lowest BCUT2D eigenvalue weighted by Crippen LogP contribution is -2.32. The highest BCUT2D eigenvalue weighted by Crippen LogP contribution is 2.54. The number of nitrogens with zero attached hydrogens (tertiary/aromatic N) is 2. The van der Waals surface area contributed by atoms with E-state index in [9.17, 15) is 19.2 Å². The highest BCUT2D eigenvalue weighted by atomic mass is 16.2. The maximum absolute atomic E-state index is 12.7. The predicted octanol–water partition coefficient (Wildman–Crippen LogP) is 11.5. The van der Waals surface area contributed by atoms with Crippen molar-refractivity contribution in [2.75, 3.05) is 4.90 Å². The molecule has 60 heavy (non-hydrogen) atoms. The van der Waals surface area contributed by atoms with Gasteiger partial charge in [0, 0.05) is 29.7 Å². The van der Waals surface area contributed by atoms with Crippen LogP contribution in [0.5, 0.6) is 0 Å². The first kappa shape index (κ1) is 44.2. The van der Waals surface area contributed by atoms with Crippen molar-refractivity contribution in [1.29, 1.82) is 0 Å². The average molecular weight is 805 g/mol. The summed E-state index contributed by atoms with van der Waals surface area (Å²) in [6, 6.07) is 20.7. The Bertz CT molecular complexity index is 2340. The number of aryl methyl sites for hydroxylation is 2. The Morgan fingerprint density at radius 1 is 0.717 bits per heavy atom.